The number of ether oxygens (including phenoxy) is 1. The number of aromatic nitrogens is 2. The number of carbonyl (C=O) groups is 2. The summed E-state index contributed by atoms with van der Waals surface area (Å²) in [6.45, 7) is 2.20. The van der Waals surface area contributed by atoms with E-state index in [0.29, 0.717) is 6.61 Å². The fourth-order valence-corrected chi connectivity index (χ4v) is 1.23. The highest BCUT2D eigenvalue weighted by atomic mass is 16.5. The molecule has 0 atom stereocenters. The Balaban J connectivity index is 2.48. The molecule has 0 aliphatic carbocycles. The third-order valence-corrected chi connectivity index (χ3v) is 2.11. The Morgan fingerprint density at radius 2 is 2.17 bits per heavy atom. The lowest BCUT2D eigenvalue weighted by atomic mass is 10.3. The van der Waals surface area contributed by atoms with Gasteiger partial charge in [0.2, 0.25) is 0 Å². The molecule has 0 radical (unpaired) electrons. The summed E-state index contributed by atoms with van der Waals surface area (Å²) >= 11 is 0. The zero-order chi connectivity index (χ0) is 13.5. The minimum Gasteiger partial charge on any atom is -0.466 e. The molecule has 1 aromatic heterocycles. The molecule has 18 heavy (non-hydrogen) atoms. The Hall–Kier alpha value is -2.18. The second-order valence-electron chi connectivity index (χ2n) is 3.49. The van der Waals surface area contributed by atoms with E-state index in [2.05, 4.69) is 10.4 Å². The number of hydrogen-bond donors (Lipinski definition) is 1. The van der Waals surface area contributed by atoms with Gasteiger partial charge in [-0.3, -0.25) is 14.4 Å². The van der Waals surface area contributed by atoms with Gasteiger partial charge in [-0.2, -0.15) is 5.10 Å². The van der Waals surface area contributed by atoms with Crippen LogP contribution in [0.15, 0.2) is 16.9 Å². The van der Waals surface area contributed by atoms with Crippen molar-refractivity contribution >= 4 is 11.9 Å². The molecular formula is C11H15N3O4. The first-order chi connectivity index (χ1) is 8.54. The van der Waals surface area contributed by atoms with Gasteiger partial charge in [-0.05, 0) is 13.0 Å². The molecule has 1 heterocycles. The molecular weight excluding hydrogens is 238 g/mol. The predicted octanol–water partition coefficient (Wildman–Crippen LogP) is -0.537. The molecule has 7 nitrogen and oxygen atoms in total. The quantitative estimate of drug-likeness (QED) is 0.712. The average Bonchev–Trinajstić information content (AvgIpc) is 2.33. The molecule has 1 aromatic rings. The molecule has 7 heteroatoms. The van der Waals surface area contributed by atoms with Crippen molar-refractivity contribution in [3.8, 4) is 0 Å². The van der Waals surface area contributed by atoms with Crippen molar-refractivity contribution in [3.63, 3.8) is 0 Å². The third-order valence-electron chi connectivity index (χ3n) is 2.11. The lowest BCUT2D eigenvalue weighted by molar-refractivity contribution is -0.142. The van der Waals surface area contributed by atoms with Crippen LogP contribution in [0.25, 0.3) is 0 Å². The van der Waals surface area contributed by atoms with Gasteiger partial charge in [-0.15, -0.1) is 0 Å². The van der Waals surface area contributed by atoms with E-state index in [1.165, 1.54) is 19.2 Å². The standard InChI is InChI=1S/C11H15N3O4/c1-3-18-10(16)6-7-12-11(17)8-4-5-9(15)14(2)13-8/h4-5H,3,6-7H2,1-2H3,(H,12,17). The molecule has 0 aliphatic rings. The summed E-state index contributed by atoms with van der Waals surface area (Å²) in [5.41, 5.74) is -0.168. The first-order valence-corrected chi connectivity index (χ1v) is 5.52. The summed E-state index contributed by atoms with van der Waals surface area (Å²) in [7, 11) is 1.46. The fraction of sp³-hybridized carbons (Fsp3) is 0.455. The van der Waals surface area contributed by atoms with Gasteiger partial charge >= 0.3 is 5.97 Å². The van der Waals surface area contributed by atoms with Crippen molar-refractivity contribution in [2.24, 2.45) is 7.05 Å². The summed E-state index contributed by atoms with van der Waals surface area (Å²) in [5.74, 6) is -0.805. The molecule has 1 N–H and O–H groups in total. The van der Waals surface area contributed by atoms with E-state index >= 15 is 0 Å². The minimum atomic E-state index is -0.435. The molecule has 1 amide bonds. The second kappa shape index (κ2) is 6.53. The number of nitrogens with zero attached hydrogens (tertiary/aromatic N) is 2. The normalized spacial score (nSPS) is 9.89. The van der Waals surface area contributed by atoms with Crippen LogP contribution in [0.5, 0.6) is 0 Å². The van der Waals surface area contributed by atoms with Crippen LogP contribution in [-0.4, -0.2) is 34.8 Å². The first kappa shape index (κ1) is 13.9. The zero-order valence-electron chi connectivity index (χ0n) is 10.3. The highest BCUT2D eigenvalue weighted by Crippen LogP contribution is 1.91. The Labute approximate surface area is 104 Å². The van der Waals surface area contributed by atoms with Gasteiger partial charge < -0.3 is 10.1 Å². The maximum atomic E-state index is 11.6. The maximum Gasteiger partial charge on any atom is 0.307 e. The second-order valence-corrected chi connectivity index (χ2v) is 3.49. The van der Waals surface area contributed by atoms with E-state index in [1.54, 1.807) is 6.92 Å². The van der Waals surface area contributed by atoms with Gasteiger partial charge in [-0.1, -0.05) is 0 Å². The van der Waals surface area contributed by atoms with E-state index in [4.69, 9.17) is 4.74 Å². The van der Waals surface area contributed by atoms with E-state index < -0.39 is 5.91 Å². The number of aryl methyl sites for hydroxylation is 1. The average molecular weight is 253 g/mol. The van der Waals surface area contributed by atoms with Crippen molar-refractivity contribution in [2.45, 2.75) is 13.3 Å². The van der Waals surface area contributed by atoms with Crippen LogP contribution in [0.1, 0.15) is 23.8 Å². The van der Waals surface area contributed by atoms with E-state index in [9.17, 15) is 14.4 Å². The van der Waals surface area contributed by atoms with Crippen LogP contribution < -0.4 is 10.9 Å². The molecule has 0 bridgehead atoms. The van der Waals surface area contributed by atoms with Crippen molar-refractivity contribution in [1.82, 2.24) is 15.1 Å². The molecule has 0 fully saturated rings. The lowest BCUT2D eigenvalue weighted by Crippen LogP contribution is -2.30. The first-order valence-electron chi connectivity index (χ1n) is 5.52. The Kier molecular flexibility index (Phi) is 5.04. The third kappa shape index (κ3) is 4.00. The number of rotatable bonds is 5. The Morgan fingerprint density at radius 3 is 2.78 bits per heavy atom. The highest BCUT2D eigenvalue weighted by Gasteiger charge is 2.09. The summed E-state index contributed by atoms with van der Waals surface area (Å²) < 4.78 is 5.78. The highest BCUT2D eigenvalue weighted by molar-refractivity contribution is 5.92. The Bertz CT molecular complexity index is 495. The molecule has 0 aliphatic heterocycles. The van der Waals surface area contributed by atoms with Crippen molar-refractivity contribution in [1.29, 1.82) is 0 Å². The predicted molar refractivity (Wildman–Crippen MR) is 63.1 cm³/mol. The lowest BCUT2D eigenvalue weighted by Gasteiger charge is -2.05. The van der Waals surface area contributed by atoms with Crippen LogP contribution in [0.2, 0.25) is 0 Å². The number of nitrogens with one attached hydrogen (secondary N) is 1. The molecule has 0 unspecified atom stereocenters. The number of carbonyl (C=O) groups excluding carboxylic acids is 2. The van der Waals surface area contributed by atoms with Crippen LogP contribution >= 0.6 is 0 Å². The molecule has 1 rings (SSSR count). The maximum absolute atomic E-state index is 11.6. The summed E-state index contributed by atoms with van der Waals surface area (Å²) in [6, 6.07) is 2.59. The van der Waals surface area contributed by atoms with Crippen LogP contribution in [0.4, 0.5) is 0 Å². The number of amides is 1. The van der Waals surface area contributed by atoms with Crippen LogP contribution in [0, 0.1) is 0 Å². The van der Waals surface area contributed by atoms with E-state index in [-0.39, 0.29) is 30.2 Å². The minimum absolute atomic E-state index is 0.103. The zero-order valence-corrected chi connectivity index (χ0v) is 10.3. The molecule has 98 valence electrons. The van der Waals surface area contributed by atoms with Gasteiger partial charge in [0.25, 0.3) is 11.5 Å². The van der Waals surface area contributed by atoms with E-state index in [0.717, 1.165) is 4.68 Å². The van der Waals surface area contributed by atoms with Gasteiger partial charge in [0.15, 0.2) is 0 Å². The monoisotopic (exact) mass is 253 g/mol. The summed E-state index contributed by atoms with van der Waals surface area (Å²) in [4.78, 5) is 33.7. The van der Waals surface area contributed by atoms with Gasteiger partial charge in [0.1, 0.15) is 5.69 Å². The van der Waals surface area contributed by atoms with Gasteiger partial charge in [0.05, 0.1) is 13.0 Å². The van der Waals surface area contributed by atoms with Crippen molar-refractivity contribution in [3.05, 3.63) is 28.2 Å². The van der Waals surface area contributed by atoms with Crippen LogP contribution in [0.3, 0.4) is 0 Å². The number of hydrogen-bond acceptors (Lipinski definition) is 5. The van der Waals surface area contributed by atoms with Gasteiger partial charge in [0, 0.05) is 19.7 Å². The topological polar surface area (TPSA) is 90.3 Å². The smallest absolute Gasteiger partial charge is 0.307 e. The summed E-state index contributed by atoms with van der Waals surface area (Å²) in [5, 5.41) is 6.30. The molecule has 0 saturated carbocycles. The molecule has 0 saturated heterocycles. The van der Waals surface area contributed by atoms with Crippen molar-refractivity contribution < 1.29 is 14.3 Å². The van der Waals surface area contributed by atoms with Crippen molar-refractivity contribution in [2.75, 3.05) is 13.2 Å². The SMILES string of the molecule is CCOC(=O)CCNC(=O)c1ccc(=O)n(C)n1. The number of esters is 1. The molecule has 0 spiro atoms. The van der Waals surface area contributed by atoms with E-state index in [1.807, 2.05) is 0 Å². The Morgan fingerprint density at radius 1 is 1.44 bits per heavy atom. The fourth-order valence-electron chi connectivity index (χ4n) is 1.23. The summed E-state index contributed by atoms with van der Waals surface area (Å²) in [6.07, 6.45) is 0.103. The van der Waals surface area contributed by atoms with Gasteiger partial charge in [-0.25, -0.2) is 4.68 Å². The molecule has 0 aromatic carbocycles. The largest absolute Gasteiger partial charge is 0.466 e. The van der Waals surface area contributed by atoms with Crippen LogP contribution in [-0.2, 0) is 16.6 Å².